The topological polar surface area (TPSA) is 88.7 Å². The Balaban J connectivity index is 1.72. The SMILES string of the molecule is CC1=NN(CCCO)C(=O)C1=NN(O)c1cccc(CCc2c(C)cccc2C)c1. The van der Waals surface area contributed by atoms with Gasteiger partial charge in [-0.25, -0.2) is 5.01 Å². The van der Waals surface area contributed by atoms with Crippen LogP contribution < -0.4 is 5.17 Å². The van der Waals surface area contributed by atoms with Gasteiger partial charge in [-0.1, -0.05) is 30.3 Å². The van der Waals surface area contributed by atoms with Crippen LogP contribution in [0.15, 0.2) is 52.7 Å². The monoisotopic (exact) mass is 408 g/mol. The highest BCUT2D eigenvalue weighted by atomic mass is 16.5. The summed E-state index contributed by atoms with van der Waals surface area (Å²) >= 11 is 0. The summed E-state index contributed by atoms with van der Waals surface area (Å²) in [5.74, 6) is -0.383. The highest BCUT2D eigenvalue weighted by Crippen LogP contribution is 2.20. The molecule has 0 bridgehead atoms. The molecule has 2 aromatic rings. The predicted molar refractivity (Wildman–Crippen MR) is 118 cm³/mol. The normalized spacial score (nSPS) is 15.1. The zero-order valence-corrected chi connectivity index (χ0v) is 17.7. The van der Waals surface area contributed by atoms with E-state index in [-0.39, 0.29) is 18.2 Å². The Bertz CT molecular complexity index is 964. The summed E-state index contributed by atoms with van der Waals surface area (Å²) in [6, 6.07) is 13.8. The number of benzene rings is 2. The minimum atomic E-state index is -0.383. The maximum Gasteiger partial charge on any atom is 0.296 e. The zero-order valence-electron chi connectivity index (χ0n) is 17.7. The first-order valence-electron chi connectivity index (χ1n) is 10.1. The van der Waals surface area contributed by atoms with Gasteiger partial charge in [-0.3, -0.25) is 10.0 Å². The van der Waals surface area contributed by atoms with Crippen LogP contribution in [0.25, 0.3) is 0 Å². The number of hydrogen-bond donors (Lipinski definition) is 2. The summed E-state index contributed by atoms with van der Waals surface area (Å²) in [6.45, 7) is 6.20. The molecule has 0 aliphatic carbocycles. The van der Waals surface area contributed by atoms with E-state index in [1.54, 1.807) is 13.0 Å². The maximum absolute atomic E-state index is 12.4. The average molecular weight is 409 g/mol. The Morgan fingerprint density at radius 1 is 1.07 bits per heavy atom. The highest BCUT2D eigenvalue weighted by Gasteiger charge is 2.29. The third-order valence-electron chi connectivity index (χ3n) is 5.22. The number of hydrazone groups is 2. The predicted octanol–water partition coefficient (Wildman–Crippen LogP) is 3.24. The lowest BCUT2D eigenvalue weighted by atomic mass is 9.96. The first-order valence-corrected chi connectivity index (χ1v) is 10.1. The van der Waals surface area contributed by atoms with Crippen LogP contribution in [0.5, 0.6) is 0 Å². The van der Waals surface area contributed by atoms with E-state index in [4.69, 9.17) is 5.11 Å². The van der Waals surface area contributed by atoms with Crippen molar-refractivity contribution in [3.8, 4) is 0 Å². The molecule has 1 aliphatic rings. The van der Waals surface area contributed by atoms with Gasteiger partial charge in [0.15, 0.2) is 5.71 Å². The van der Waals surface area contributed by atoms with Crippen molar-refractivity contribution in [2.75, 3.05) is 18.3 Å². The fraction of sp³-hybridized carbons (Fsp3) is 0.348. The van der Waals surface area contributed by atoms with E-state index < -0.39 is 0 Å². The number of anilines is 1. The van der Waals surface area contributed by atoms with Crippen molar-refractivity contribution >= 4 is 23.0 Å². The van der Waals surface area contributed by atoms with Crippen LogP contribution in [0.4, 0.5) is 5.69 Å². The molecule has 1 heterocycles. The molecule has 1 aliphatic heterocycles. The molecule has 7 heteroatoms. The molecule has 0 spiro atoms. The number of rotatable bonds is 8. The van der Waals surface area contributed by atoms with E-state index in [0.717, 1.165) is 23.6 Å². The molecule has 0 saturated heterocycles. The van der Waals surface area contributed by atoms with Crippen LogP contribution in [0, 0.1) is 13.8 Å². The number of hydrogen-bond acceptors (Lipinski definition) is 6. The third kappa shape index (κ3) is 4.93. The lowest BCUT2D eigenvalue weighted by Crippen LogP contribution is -2.30. The van der Waals surface area contributed by atoms with Crippen LogP contribution in [-0.2, 0) is 17.6 Å². The van der Waals surface area contributed by atoms with Gasteiger partial charge >= 0.3 is 0 Å². The van der Waals surface area contributed by atoms with E-state index in [1.807, 2.05) is 18.2 Å². The minimum Gasteiger partial charge on any atom is -0.396 e. The molecule has 3 rings (SSSR count). The molecule has 30 heavy (non-hydrogen) atoms. The van der Waals surface area contributed by atoms with Gasteiger partial charge in [0, 0.05) is 13.2 Å². The lowest BCUT2D eigenvalue weighted by Gasteiger charge is -2.14. The number of carbonyl (C=O) groups is 1. The van der Waals surface area contributed by atoms with Crippen LogP contribution in [0.1, 0.15) is 35.6 Å². The summed E-state index contributed by atoms with van der Waals surface area (Å²) in [6.07, 6.45) is 2.17. The Morgan fingerprint density at radius 3 is 2.47 bits per heavy atom. The number of aliphatic hydroxyl groups is 1. The Morgan fingerprint density at radius 2 is 1.77 bits per heavy atom. The molecule has 2 N–H and O–H groups in total. The van der Waals surface area contributed by atoms with Crippen molar-refractivity contribution in [2.45, 2.75) is 40.0 Å². The Kier molecular flexibility index (Phi) is 6.97. The quantitative estimate of drug-likeness (QED) is 0.657. The van der Waals surface area contributed by atoms with Crippen molar-refractivity contribution in [1.29, 1.82) is 0 Å². The first-order chi connectivity index (χ1) is 14.4. The molecule has 2 aromatic carbocycles. The summed E-state index contributed by atoms with van der Waals surface area (Å²) in [5, 5.41) is 29.6. The average Bonchev–Trinajstić information content (AvgIpc) is 2.99. The molecule has 0 atom stereocenters. The molecule has 0 fully saturated rings. The van der Waals surface area contributed by atoms with Crippen LogP contribution in [0.2, 0.25) is 0 Å². The van der Waals surface area contributed by atoms with Gasteiger partial charge in [-0.05, 0) is 74.4 Å². The minimum absolute atomic E-state index is 0.0221. The van der Waals surface area contributed by atoms with Crippen molar-refractivity contribution in [2.24, 2.45) is 10.2 Å². The van der Waals surface area contributed by atoms with Crippen LogP contribution in [0.3, 0.4) is 0 Å². The van der Waals surface area contributed by atoms with Crippen LogP contribution >= 0.6 is 0 Å². The van der Waals surface area contributed by atoms with E-state index in [0.29, 0.717) is 24.4 Å². The van der Waals surface area contributed by atoms with E-state index >= 15 is 0 Å². The van der Waals surface area contributed by atoms with E-state index in [1.165, 1.54) is 21.7 Å². The summed E-state index contributed by atoms with van der Waals surface area (Å²) in [4.78, 5) is 12.4. The number of amides is 1. The van der Waals surface area contributed by atoms with Gasteiger partial charge in [0.25, 0.3) is 5.91 Å². The van der Waals surface area contributed by atoms with Gasteiger partial charge in [-0.15, -0.1) is 10.3 Å². The fourth-order valence-electron chi connectivity index (χ4n) is 3.54. The molecule has 7 nitrogen and oxygen atoms in total. The molecule has 1 amide bonds. The Hall–Kier alpha value is -3.03. The fourth-order valence-corrected chi connectivity index (χ4v) is 3.54. The lowest BCUT2D eigenvalue weighted by molar-refractivity contribution is -0.123. The van der Waals surface area contributed by atoms with Crippen molar-refractivity contribution in [3.05, 3.63) is 64.7 Å². The van der Waals surface area contributed by atoms with Gasteiger partial charge < -0.3 is 5.11 Å². The van der Waals surface area contributed by atoms with Crippen molar-refractivity contribution in [3.63, 3.8) is 0 Å². The molecule has 0 saturated carbocycles. The molecule has 158 valence electrons. The summed E-state index contributed by atoms with van der Waals surface area (Å²) in [7, 11) is 0. The maximum atomic E-state index is 12.4. The largest absolute Gasteiger partial charge is 0.396 e. The zero-order chi connectivity index (χ0) is 21.7. The number of nitrogens with zero attached hydrogens (tertiary/aromatic N) is 4. The van der Waals surface area contributed by atoms with E-state index in [9.17, 15) is 10.0 Å². The van der Waals surface area contributed by atoms with Gasteiger partial charge in [0.2, 0.25) is 0 Å². The molecular formula is C23H28N4O3. The first kappa shape index (κ1) is 21.7. The number of aliphatic hydroxyl groups excluding tert-OH is 1. The second kappa shape index (κ2) is 9.65. The van der Waals surface area contributed by atoms with Gasteiger partial charge in [-0.2, -0.15) is 5.10 Å². The molecule has 0 radical (unpaired) electrons. The summed E-state index contributed by atoms with van der Waals surface area (Å²) in [5.41, 5.74) is 5.98. The summed E-state index contributed by atoms with van der Waals surface area (Å²) < 4.78 is 0. The molecule has 0 unspecified atom stereocenters. The molecular weight excluding hydrogens is 380 g/mol. The van der Waals surface area contributed by atoms with Crippen molar-refractivity contribution in [1.82, 2.24) is 5.01 Å². The Labute approximate surface area is 176 Å². The van der Waals surface area contributed by atoms with Gasteiger partial charge in [0.05, 0.1) is 11.4 Å². The second-order valence-corrected chi connectivity index (χ2v) is 7.47. The smallest absolute Gasteiger partial charge is 0.296 e. The van der Waals surface area contributed by atoms with Gasteiger partial charge in [0.1, 0.15) is 0 Å². The number of aryl methyl sites for hydroxylation is 3. The van der Waals surface area contributed by atoms with E-state index in [2.05, 4.69) is 42.2 Å². The van der Waals surface area contributed by atoms with Crippen LogP contribution in [-0.4, -0.2) is 45.8 Å². The highest BCUT2D eigenvalue weighted by molar-refractivity contribution is 6.68. The number of carbonyl (C=O) groups excluding carboxylic acids is 1. The second-order valence-electron chi connectivity index (χ2n) is 7.47. The van der Waals surface area contributed by atoms with Crippen molar-refractivity contribution < 1.29 is 15.1 Å². The third-order valence-corrected chi connectivity index (χ3v) is 5.22. The standard InChI is InChI=1S/C23H28N4O3/c1-16-7-4-8-17(2)21(16)12-11-19-9-5-10-20(15-19)27(30)25-22-18(3)24-26(23(22)29)13-6-14-28/h4-5,7-10,15,28,30H,6,11-14H2,1-3H3. The molecule has 0 aromatic heterocycles.